The number of rotatable bonds is 8. The molecule has 1 unspecified atom stereocenters. The molecule has 0 spiro atoms. The zero-order valence-corrected chi connectivity index (χ0v) is 18.4. The van der Waals surface area contributed by atoms with Crippen molar-refractivity contribution in [2.75, 3.05) is 7.11 Å². The van der Waals surface area contributed by atoms with Crippen LogP contribution in [0, 0.1) is 5.92 Å². The number of hydrogen-bond donors (Lipinski definition) is 2. The summed E-state index contributed by atoms with van der Waals surface area (Å²) in [4.78, 5) is 12.4. The maximum Gasteiger partial charge on any atom is 0.253 e. The van der Waals surface area contributed by atoms with Crippen molar-refractivity contribution in [2.24, 2.45) is 5.92 Å². The van der Waals surface area contributed by atoms with Crippen molar-refractivity contribution < 1.29 is 17.9 Å². The van der Waals surface area contributed by atoms with Crippen molar-refractivity contribution in [3.8, 4) is 5.75 Å². The molecule has 0 heterocycles. The lowest BCUT2D eigenvalue weighted by atomic mass is 10.1. The number of nitrogens with one attached hydrogen (secondary N) is 2. The predicted octanol–water partition coefficient (Wildman–Crippen LogP) is 4.01. The van der Waals surface area contributed by atoms with Gasteiger partial charge in [0, 0.05) is 18.2 Å². The summed E-state index contributed by atoms with van der Waals surface area (Å²) in [5.41, 5.74) is 0.737. The highest BCUT2D eigenvalue weighted by Gasteiger charge is 2.30. The standard InChI is InChI=1S/C20H22Cl2N2O4S/c1-12(13-7-8-13)24-20(25)15-9-19(17(22)10-16(15)21)29(26,27)23-11-14-5-3-4-6-18(14)28-2/h3-6,9-10,12-13,23H,7-8,11H2,1-2H3,(H,24,25). The molecule has 1 saturated carbocycles. The Labute approximate surface area is 180 Å². The van der Waals surface area contributed by atoms with Gasteiger partial charge in [0.1, 0.15) is 10.6 Å². The van der Waals surface area contributed by atoms with Gasteiger partial charge in [-0.25, -0.2) is 13.1 Å². The van der Waals surface area contributed by atoms with Crippen LogP contribution in [0.2, 0.25) is 10.0 Å². The molecule has 0 bridgehead atoms. The minimum atomic E-state index is -4.00. The van der Waals surface area contributed by atoms with Crippen LogP contribution in [-0.4, -0.2) is 27.5 Å². The minimum absolute atomic E-state index is 0.00188. The molecular weight excluding hydrogens is 435 g/mol. The minimum Gasteiger partial charge on any atom is -0.496 e. The molecule has 3 rings (SSSR count). The third kappa shape index (κ3) is 5.22. The van der Waals surface area contributed by atoms with Crippen LogP contribution in [0.1, 0.15) is 35.7 Å². The summed E-state index contributed by atoms with van der Waals surface area (Å²) in [5.74, 6) is 0.592. The van der Waals surface area contributed by atoms with E-state index in [4.69, 9.17) is 27.9 Å². The van der Waals surface area contributed by atoms with Crippen LogP contribution in [0.3, 0.4) is 0 Å². The van der Waals surface area contributed by atoms with Gasteiger partial charge >= 0.3 is 0 Å². The third-order valence-electron chi connectivity index (χ3n) is 4.89. The van der Waals surface area contributed by atoms with Crippen molar-refractivity contribution >= 4 is 39.1 Å². The fraction of sp³-hybridized carbons (Fsp3) is 0.350. The summed E-state index contributed by atoms with van der Waals surface area (Å²) in [6.07, 6.45) is 2.14. The fourth-order valence-corrected chi connectivity index (χ4v) is 4.87. The molecule has 2 aromatic rings. The van der Waals surface area contributed by atoms with Crippen LogP contribution in [0.4, 0.5) is 0 Å². The number of sulfonamides is 1. The van der Waals surface area contributed by atoms with E-state index in [1.54, 1.807) is 24.3 Å². The van der Waals surface area contributed by atoms with Crippen molar-refractivity contribution in [2.45, 2.75) is 37.2 Å². The van der Waals surface area contributed by atoms with Gasteiger partial charge in [0.15, 0.2) is 0 Å². The number of carbonyl (C=O) groups excluding carboxylic acids is 1. The average molecular weight is 457 g/mol. The van der Waals surface area contributed by atoms with Crippen molar-refractivity contribution in [1.82, 2.24) is 10.0 Å². The van der Waals surface area contributed by atoms with Crippen LogP contribution < -0.4 is 14.8 Å². The predicted molar refractivity (Wildman–Crippen MR) is 113 cm³/mol. The topological polar surface area (TPSA) is 84.5 Å². The summed E-state index contributed by atoms with van der Waals surface area (Å²) >= 11 is 12.3. The maximum absolute atomic E-state index is 12.8. The van der Waals surface area contributed by atoms with E-state index in [-0.39, 0.29) is 33.1 Å². The van der Waals surface area contributed by atoms with Gasteiger partial charge in [-0.05, 0) is 43.9 Å². The number of halogens is 2. The maximum atomic E-state index is 12.8. The molecule has 2 aromatic carbocycles. The molecule has 1 amide bonds. The largest absolute Gasteiger partial charge is 0.496 e. The Hall–Kier alpha value is -1.80. The highest BCUT2D eigenvalue weighted by atomic mass is 35.5. The van der Waals surface area contributed by atoms with Crippen molar-refractivity contribution in [1.29, 1.82) is 0 Å². The Morgan fingerprint density at radius 2 is 1.90 bits per heavy atom. The van der Waals surface area contributed by atoms with Gasteiger partial charge in [-0.1, -0.05) is 41.4 Å². The molecule has 2 N–H and O–H groups in total. The molecule has 0 aliphatic heterocycles. The molecule has 0 saturated heterocycles. The molecule has 6 nitrogen and oxygen atoms in total. The zero-order chi connectivity index (χ0) is 21.2. The molecule has 1 fully saturated rings. The Kier molecular flexibility index (Phi) is 6.73. The van der Waals surface area contributed by atoms with Crippen molar-refractivity contribution in [3.63, 3.8) is 0 Å². The summed E-state index contributed by atoms with van der Waals surface area (Å²) < 4.78 is 33.4. The molecule has 1 aliphatic carbocycles. The Morgan fingerprint density at radius 1 is 1.21 bits per heavy atom. The normalized spacial score (nSPS) is 15.0. The van der Waals surface area contributed by atoms with Crippen LogP contribution in [0.15, 0.2) is 41.3 Å². The average Bonchev–Trinajstić information content (AvgIpc) is 3.51. The van der Waals surface area contributed by atoms with E-state index < -0.39 is 15.9 Å². The van der Waals surface area contributed by atoms with Crippen molar-refractivity contribution in [3.05, 3.63) is 57.6 Å². The van der Waals surface area contributed by atoms with E-state index in [1.807, 2.05) is 6.92 Å². The third-order valence-corrected chi connectivity index (χ3v) is 7.07. The van der Waals surface area contributed by atoms with E-state index in [9.17, 15) is 13.2 Å². The van der Waals surface area contributed by atoms with E-state index in [0.717, 1.165) is 12.8 Å². The number of ether oxygens (including phenoxy) is 1. The van der Waals surface area contributed by atoms with E-state index in [1.165, 1.54) is 19.2 Å². The van der Waals surface area contributed by atoms with Gasteiger partial charge in [-0.2, -0.15) is 0 Å². The lowest BCUT2D eigenvalue weighted by molar-refractivity contribution is 0.0936. The summed E-state index contributed by atoms with van der Waals surface area (Å²) in [5, 5.41) is 2.91. The Morgan fingerprint density at radius 3 is 2.55 bits per heavy atom. The smallest absolute Gasteiger partial charge is 0.253 e. The lowest BCUT2D eigenvalue weighted by Gasteiger charge is -2.15. The van der Waals surface area contributed by atoms with Crippen LogP contribution >= 0.6 is 23.2 Å². The summed E-state index contributed by atoms with van der Waals surface area (Å²) in [6.45, 7) is 1.93. The number of methoxy groups -OCH3 is 1. The first-order chi connectivity index (χ1) is 13.7. The quantitative estimate of drug-likeness (QED) is 0.628. The lowest BCUT2D eigenvalue weighted by Crippen LogP contribution is -2.34. The summed E-state index contributed by atoms with van der Waals surface area (Å²) in [6, 6.07) is 9.55. The molecule has 1 aliphatic rings. The number of para-hydroxylation sites is 1. The van der Waals surface area contributed by atoms with Gasteiger partial charge < -0.3 is 10.1 Å². The second-order valence-corrected chi connectivity index (χ2v) is 9.55. The molecule has 0 aromatic heterocycles. The molecule has 0 radical (unpaired) electrons. The first kappa shape index (κ1) is 21.9. The number of amides is 1. The number of hydrogen-bond acceptors (Lipinski definition) is 4. The highest BCUT2D eigenvalue weighted by Crippen LogP contribution is 2.33. The van der Waals surface area contributed by atoms with E-state index in [0.29, 0.717) is 17.2 Å². The molecule has 9 heteroatoms. The molecular formula is C20H22Cl2N2O4S. The number of carbonyl (C=O) groups is 1. The number of benzene rings is 2. The molecule has 156 valence electrons. The first-order valence-electron chi connectivity index (χ1n) is 9.14. The van der Waals surface area contributed by atoms with Gasteiger partial charge in [-0.3, -0.25) is 4.79 Å². The van der Waals surface area contributed by atoms with Gasteiger partial charge in [0.2, 0.25) is 10.0 Å². The molecule has 1 atom stereocenters. The van der Waals surface area contributed by atoms with Crippen LogP contribution in [0.5, 0.6) is 5.75 Å². The van der Waals surface area contributed by atoms with Gasteiger partial charge in [-0.15, -0.1) is 0 Å². The SMILES string of the molecule is COc1ccccc1CNS(=O)(=O)c1cc(C(=O)NC(C)C2CC2)c(Cl)cc1Cl. The second kappa shape index (κ2) is 8.92. The highest BCUT2D eigenvalue weighted by molar-refractivity contribution is 7.89. The summed E-state index contributed by atoms with van der Waals surface area (Å²) in [7, 11) is -2.48. The van der Waals surface area contributed by atoms with Crippen LogP contribution in [0.25, 0.3) is 0 Å². The first-order valence-corrected chi connectivity index (χ1v) is 11.4. The van der Waals surface area contributed by atoms with E-state index in [2.05, 4.69) is 10.0 Å². The zero-order valence-electron chi connectivity index (χ0n) is 16.0. The van der Waals surface area contributed by atoms with E-state index >= 15 is 0 Å². The second-order valence-electron chi connectivity index (χ2n) is 7.00. The van der Waals surface area contributed by atoms with Crippen LogP contribution in [-0.2, 0) is 16.6 Å². The Bertz CT molecular complexity index is 1020. The fourth-order valence-electron chi connectivity index (χ4n) is 3.01. The Balaban J connectivity index is 1.83. The monoisotopic (exact) mass is 456 g/mol. The van der Waals surface area contributed by atoms with Gasteiger partial charge in [0.05, 0.1) is 22.7 Å². The van der Waals surface area contributed by atoms with Gasteiger partial charge in [0.25, 0.3) is 5.91 Å². The molecule has 29 heavy (non-hydrogen) atoms.